The van der Waals surface area contributed by atoms with Gasteiger partial charge in [-0.2, -0.15) is 0 Å². The van der Waals surface area contributed by atoms with E-state index in [1.807, 2.05) is 0 Å². The highest BCUT2D eigenvalue weighted by Gasteiger charge is 2.41. The molecule has 12 rings (SSSR count). The van der Waals surface area contributed by atoms with Crippen molar-refractivity contribution in [1.82, 2.24) is 13.7 Å². The van der Waals surface area contributed by atoms with E-state index in [1.54, 1.807) is 30.3 Å². The van der Waals surface area contributed by atoms with E-state index < -0.39 is 220 Å². The molecule has 0 aliphatic heterocycles. The van der Waals surface area contributed by atoms with Crippen molar-refractivity contribution in [2.45, 2.75) is 0 Å². The first-order valence-corrected chi connectivity index (χ1v) is 19.7. The highest BCUT2D eigenvalue weighted by molar-refractivity contribution is 7.19. The number of nitrogens with zero attached hydrogens (tertiary/aromatic N) is 3. The number of hydrogen-bond acceptors (Lipinski definition) is 0. The lowest BCUT2D eigenvalue weighted by atomic mass is 10.1. The minimum atomic E-state index is -5.65. The molecule has 0 bridgehead atoms. The average Bonchev–Trinajstić information content (AvgIpc) is 1.40. The molecule has 0 saturated heterocycles. The summed E-state index contributed by atoms with van der Waals surface area (Å²) in [6.07, 6.45) is 0. The molecule has 0 atom stereocenters. The van der Waals surface area contributed by atoms with Crippen LogP contribution in [-0.4, -0.2) is 21.8 Å². The van der Waals surface area contributed by atoms with Crippen LogP contribution in [0, 0.1) is 0 Å². The van der Waals surface area contributed by atoms with Gasteiger partial charge in [-0.05, 0) is 93.4 Å². The highest BCUT2D eigenvalue weighted by atomic mass is 28.3. The summed E-state index contributed by atoms with van der Waals surface area (Å²) in [6.45, 7) is 0. The molecule has 3 heterocycles. The molecule has 0 spiro atoms. The van der Waals surface area contributed by atoms with Gasteiger partial charge in [0.2, 0.25) is 0 Å². The first kappa shape index (κ1) is 15.5. The van der Waals surface area contributed by atoms with Crippen molar-refractivity contribution in [2.24, 2.45) is 0 Å². The maximum Gasteiger partial charge on any atom is 0.179 e. The molecule has 0 saturated carbocycles. The largest absolute Gasteiger partial charge is 0.309 e. The standard InChI is InChI=1S/C54H37N3Si/c1-5-17-38(18-6-1)56-49-27-15-29-51-53(49)54-50(56)28-16-30-52(54)57(51)40-33-36-48-46(37-40)45-25-13-14-26-47(45)55(48)39-31-34-44(35-32-39)58(41-19-7-2-8-20-41,42-21-9-3-10-22-42)43-23-11-4-12-24-43/h1-37H/i2D,3D,4D,7D,8D,9D,10D,11D,12D,13D,14D,15D,16D,19D,20D,21D,22D,23D,24D,25D,26D,27D,28D,29D,30D,33D,36D,37D. The third-order valence-electron chi connectivity index (χ3n) is 10.4. The van der Waals surface area contributed by atoms with Gasteiger partial charge in [0, 0.05) is 38.6 Å². The Balaban J connectivity index is 1.25. The molecular weight excluding hydrogens is 719 g/mol. The third-order valence-corrected chi connectivity index (χ3v) is 14.6. The van der Waals surface area contributed by atoms with Gasteiger partial charge in [0.25, 0.3) is 0 Å². The Morgan fingerprint density at radius 1 is 0.310 bits per heavy atom. The van der Waals surface area contributed by atoms with Gasteiger partial charge >= 0.3 is 0 Å². The molecule has 3 aromatic heterocycles. The Morgan fingerprint density at radius 2 is 0.741 bits per heavy atom. The van der Waals surface area contributed by atoms with E-state index in [2.05, 4.69) is 0 Å². The summed E-state index contributed by atoms with van der Waals surface area (Å²) in [5.74, 6) is 0. The average molecular weight is 784 g/mol. The van der Waals surface area contributed by atoms with Crippen molar-refractivity contribution >= 4 is 83.5 Å². The van der Waals surface area contributed by atoms with Crippen LogP contribution in [0.15, 0.2) is 224 Å². The molecule has 4 heteroatoms. The number of para-hydroxylation sites is 2. The number of hydrogen-bond donors (Lipinski definition) is 0. The SMILES string of the molecule is [2H]c1c([2H])c([2H])c([Si](c2ccc(-n3c4c([2H])c([2H])c([2H])c([2H])c4c4c([2H])c(-n5c6c([2H])c([2H])c([2H])c7c6c6c(c([2H])c([2H])c([2H])c65)n7-c5ccccc5)c([2H])c([2H])c43)cc2)(c2c([2H])c([2H])c([2H])c([2H])c2[2H])c2c([2H])c([2H])c([2H])c([2H])c2[2H])c([2H])c1[2H]. The zero-order chi connectivity index (χ0) is 62.6. The van der Waals surface area contributed by atoms with Crippen LogP contribution in [0.1, 0.15) is 38.4 Å². The van der Waals surface area contributed by atoms with Crippen LogP contribution in [0.25, 0.3) is 71.7 Å². The number of fused-ring (bicyclic) bond motifs is 3. The fraction of sp³-hybridized carbons (Fsp3) is 0. The Morgan fingerprint density at radius 3 is 1.29 bits per heavy atom. The molecular formula is C54H37N3Si. The molecule has 272 valence electrons. The van der Waals surface area contributed by atoms with Crippen LogP contribution in [0.4, 0.5) is 0 Å². The molecule has 0 aliphatic carbocycles. The maximum atomic E-state index is 10.2. The van der Waals surface area contributed by atoms with Gasteiger partial charge in [0.1, 0.15) is 0 Å². The summed E-state index contributed by atoms with van der Waals surface area (Å²) < 4.78 is 261. The quantitative estimate of drug-likeness (QED) is 0.113. The van der Waals surface area contributed by atoms with E-state index in [-0.39, 0.29) is 43.7 Å². The normalized spacial score (nSPS) is 18.9. The first-order chi connectivity index (χ1) is 40.4. The number of aromatic nitrogens is 3. The first-order valence-electron chi connectivity index (χ1n) is 31.7. The van der Waals surface area contributed by atoms with Crippen LogP contribution >= 0.6 is 0 Å². The predicted molar refractivity (Wildman–Crippen MR) is 247 cm³/mol. The molecule has 0 fully saturated rings. The fourth-order valence-electron chi connectivity index (χ4n) is 8.06. The lowest BCUT2D eigenvalue weighted by Crippen LogP contribution is -2.74. The van der Waals surface area contributed by atoms with Crippen LogP contribution in [-0.2, 0) is 0 Å². The van der Waals surface area contributed by atoms with Crippen molar-refractivity contribution in [3.63, 3.8) is 0 Å². The second-order valence-corrected chi connectivity index (χ2v) is 16.8. The topological polar surface area (TPSA) is 14.8 Å². The van der Waals surface area contributed by atoms with E-state index in [1.165, 1.54) is 16.7 Å². The minimum absolute atomic E-state index is 0.0133. The van der Waals surface area contributed by atoms with Gasteiger partial charge in [0.05, 0.1) is 71.5 Å². The maximum absolute atomic E-state index is 10.2. The Hall–Kier alpha value is -7.40. The Kier molecular flexibility index (Phi) is 3.43. The number of benzene rings is 9. The molecule has 12 aromatic rings. The molecule has 0 N–H and O–H groups in total. The van der Waals surface area contributed by atoms with Gasteiger partial charge in [-0.3, -0.25) is 0 Å². The third kappa shape index (κ3) is 4.61. The predicted octanol–water partition coefficient (Wildman–Crippen LogP) is 10.6. The summed E-state index contributed by atoms with van der Waals surface area (Å²) in [7, 11) is -5.65. The van der Waals surface area contributed by atoms with Crippen molar-refractivity contribution in [2.75, 3.05) is 0 Å². The lowest BCUT2D eigenvalue weighted by Gasteiger charge is -2.34. The molecule has 0 amide bonds. The second-order valence-electron chi connectivity index (χ2n) is 13.2. The minimum Gasteiger partial charge on any atom is -0.309 e. The van der Waals surface area contributed by atoms with Gasteiger partial charge in [-0.15, -0.1) is 0 Å². The lowest BCUT2D eigenvalue weighted by molar-refractivity contribution is 1.15. The van der Waals surface area contributed by atoms with Crippen LogP contribution < -0.4 is 20.7 Å². The van der Waals surface area contributed by atoms with E-state index in [4.69, 9.17) is 17.8 Å². The van der Waals surface area contributed by atoms with E-state index >= 15 is 0 Å². The summed E-state index contributed by atoms with van der Waals surface area (Å²) >= 11 is 0. The highest BCUT2D eigenvalue weighted by Crippen LogP contribution is 2.43. The van der Waals surface area contributed by atoms with Gasteiger partial charge < -0.3 is 13.7 Å². The Labute approximate surface area is 376 Å². The molecule has 0 aliphatic rings. The van der Waals surface area contributed by atoms with Gasteiger partial charge in [0.15, 0.2) is 8.07 Å². The molecule has 0 radical (unpaired) electrons. The second kappa shape index (κ2) is 12.8. The van der Waals surface area contributed by atoms with Crippen LogP contribution in [0.2, 0.25) is 0 Å². The molecule has 9 aromatic carbocycles. The monoisotopic (exact) mass is 783 g/mol. The summed E-state index contributed by atoms with van der Waals surface area (Å²) in [4.78, 5) is 0. The summed E-state index contributed by atoms with van der Waals surface area (Å²) in [5.41, 5.74) is -1.68. The number of rotatable bonds is 7. The van der Waals surface area contributed by atoms with Crippen molar-refractivity contribution < 1.29 is 38.4 Å². The van der Waals surface area contributed by atoms with E-state index in [0.717, 1.165) is 21.3 Å². The van der Waals surface area contributed by atoms with Crippen LogP contribution in [0.3, 0.4) is 0 Å². The fourth-order valence-corrected chi connectivity index (χ4v) is 11.8. The zero-order valence-electron chi connectivity index (χ0n) is 57.5. The smallest absolute Gasteiger partial charge is 0.179 e. The zero-order valence-corrected chi connectivity index (χ0v) is 30.5. The molecule has 3 nitrogen and oxygen atoms in total. The molecule has 58 heavy (non-hydrogen) atoms. The van der Waals surface area contributed by atoms with E-state index in [9.17, 15) is 20.6 Å². The van der Waals surface area contributed by atoms with Gasteiger partial charge in [-0.25, -0.2) is 0 Å². The van der Waals surface area contributed by atoms with Crippen molar-refractivity contribution in [3.05, 3.63) is 224 Å². The summed E-state index contributed by atoms with van der Waals surface area (Å²) in [6, 6.07) is -10.8. The Bertz CT molecular complexity index is 4750. The van der Waals surface area contributed by atoms with E-state index in [0.29, 0.717) is 5.69 Å². The van der Waals surface area contributed by atoms with Crippen molar-refractivity contribution in [1.29, 1.82) is 0 Å². The molecule has 0 unspecified atom stereocenters. The van der Waals surface area contributed by atoms with Crippen LogP contribution in [0.5, 0.6) is 0 Å². The van der Waals surface area contributed by atoms with Gasteiger partial charge in [-0.1, -0.05) is 151 Å². The summed E-state index contributed by atoms with van der Waals surface area (Å²) in [5, 5.41) is -3.37. The van der Waals surface area contributed by atoms with Crippen molar-refractivity contribution in [3.8, 4) is 17.1 Å².